The molecular weight excluding hydrogens is 260 g/mol. The van der Waals surface area contributed by atoms with Gasteiger partial charge in [0, 0.05) is 18.7 Å². The second kappa shape index (κ2) is 6.79. The number of amides is 2. The van der Waals surface area contributed by atoms with Gasteiger partial charge in [0.2, 0.25) is 5.91 Å². The van der Waals surface area contributed by atoms with E-state index >= 15 is 0 Å². The summed E-state index contributed by atoms with van der Waals surface area (Å²) in [6, 6.07) is 3.10. The van der Waals surface area contributed by atoms with Gasteiger partial charge < -0.3 is 20.4 Å². The summed E-state index contributed by atoms with van der Waals surface area (Å²) in [6.07, 6.45) is 0. The fraction of sp³-hybridized carbons (Fsp3) is 0.429. The number of aromatic hydroxyl groups is 2. The number of carbonyl (C=O) groups is 2. The summed E-state index contributed by atoms with van der Waals surface area (Å²) in [7, 11) is 0. The highest BCUT2D eigenvalue weighted by molar-refractivity contribution is 5.97. The first-order chi connectivity index (χ1) is 9.40. The molecule has 0 fully saturated rings. The maximum atomic E-state index is 12.0. The maximum Gasteiger partial charge on any atom is 0.252 e. The zero-order chi connectivity index (χ0) is 15.3. The second-order valence-corrected chi connectivity index (χ2v) is 4.41. The molecule has 3 N–H and O–H groups in total. The molecule has 1 aromatic rings. The van der Waals surface area contributed by atoms with E-state index in [4.69, 9.17) is 0 Å². The molecule has 0 spiro atoms. The number of nitrogens with zero attached hydrogens (tertiary/aromatic N) is 1. The first-order valence-corrected chi connectivity index (χ1v) is 6.52. The molecule has 0 aliphatic rings. The van der Waals surface area contributed by atoms with Crippen LogP contribution in [0.2, 0.25) is 0 Å². The smallest absolute Gasteiger partial charge is 0.252 e. The highest BCUT2D eigenvalue weighted by Gasteiger charge is 2.20. The van der Waals surface area contributed by atoms with Crippen LogP contribution in [0, 0.1) is 0 Å². The number of carbonyl (C=O) groups excluding carboxylic acids is 2. The van der Waals surface area contributed by atoms with E-state index in [1.165, 1.54) is 12.1 Å². The van der Waals surface area contributed by atoms with E-state index in [2.05, 4.69) is 5.32 Å². The Morgan fingerprint density at radius 3 is 2.30 bits per heavy atom. The summed E-state index contributed by atoms with van der Waals surface area (Å²) in [6.45, 7) is 6.51. The SMILES string of the molecule is CCN(CC)C(=O)C(C)NC(=O)c1ccc(O)c(O)c1. The first-order valence-electron chi connectivity index (χ1n) is 6.52. The Hall–Kier alpha value is -2.24. The van der Waals surface area contributed by atoms with Crippen LogP contribution >= 0.6 is 0 Å². The lowest BCUT2D eigenvalue weighted by Crippen LogP contribution is -2.46. The van der Waals surface area contributed by atoms with Gasteiger partial charge in [-0.1, -0.05) is 0 Å². The third-order valence-corrected chi connectivity index (χ3v) is 3.03. The van der Waals surface area contributed by atoms with E-state index in [1.807, 2.05) is 13.8 Å². The lowest BCUT2D eigenvalue weighted by atomic mass is 10.1. The summed E-state index contributed by atoms with van der Waals surface area (Å²) in [4.78, 5) is 25.6. The van der Waals surface area contributed by atoms with E-state index in [9.17, 15) is 19.8 Å². The van der Waals surface area contributed by atoms with Crippen LogP contribution in [0.5, 0.6) is 11.5 Å². The number of hydrogen-bond acceptors (Lipinski definition) is 4. The zero-order valence-corrected chi connectivity index (χ0v) is 11.9. The molecule has 0 aliphatic carbocycles. The van der Waals surface area contributed by atoms with E-state index in [0.29, 0.717) is 13.1 Å². The van der Waals surface area contributed by atoms with Gasteiger partial charge in [0.15, 0.2) is 11.5 Å². The molecule has 1 atom stereocenters. The molecule has 0 aliphatic heterocycles. The lowest BCUT2D eigenvalue weighted by molar-refractivity contribution is -0.132. The molecule has 110 valence electrons. The predicted molar refractivity (Wildman–Crippen MR) is 74.6 cm³/mol. The van der Waals surface area contributed by atoms with Crippen molar-refractivity contribution in [3.63, 3.8) is 0 Å². The number of benzene rings is 1. The van der Waals surface area contributed by atoms with Gasteiger partial charge in [-0.25, -0.2) is 0 Å². The highest BCUT2D eigenvalue weighted by atomic mass is 16.3. The topological polar surface area (TPSA) is 89.9 Å². The molecular formula is C14H20N2O4. The molecule has 1 unspecified atom stereocenters. The molecule has 0 saturated carbocycles. The molecule has 1 aromatic carbocycles. The van der Waals surface area contributed by atoms with Crippen molar-refractivity contribution in [3.05, 3.63) is 23.8 Å². The standard InChI is InChI=1S/C14H20N2O4/c1-4-16(5-2)14(20)9(3)15-13(19)10-6-7-11(17)12(18)8-10/h6-9,17-18H,4-5H2,1-3H3,(H,15,19). The maximum absolute atomic E-state index is 12.0. The van der Waals surface area contributed by atoms with E-state index in [0.717, 1.165) is 6.07 Å². The van der Waals surface area contributed by atoms with Crippen LogP contribution < -0.4 is 5.32 Å². The molecule has 0 saturated heterocycles. The van der Waals surface area contributed by atoms with Crippen molar-refractivity contribution in [1.29, 1.82) is 0 Å². The third-order valence-electron chi connectivity index (χ3n) is 3.03. The van der Waals surface area contributed by atoms with Crippen molar-refractivity contribution >= 4 is 11.8 Å². The van der Waals surface area contributed by atoms with Crippen molar-refractivity contribution in [2.24, 2.45) is 0 Å². The fourth-order valence-electron chi connectivity index (χ4n) is 1.82. The molecule has 20 heavy (non-hydrogen) atoms. The summed E-state index contributed by atoms with van der Waals surface area (Å²) >= 11 is 0. The van der Waals surface area contributed by atoms with Gasteiger partial charge in [-0.05, 0) is 39.0 Å². The van der Waals surface area contributed by atoms with Crippen LogP contribution in [-0.4, -0.2) is 46.1 Å². The molecule has 1 rings (SSSR count). The zero-order valence-electron chi connectivity index (χ0n) is 11.9. The monoisotopic (exact) mass is 280 g/mol. The van der Waals surface area contributed by atoms with Gasteiger partial charge in [-0.3, -0.25) is 9.59 Å². The van der Waals surface area contributed by atoms with E-state index < -0.39 is 11.9 Å². The molecule has 6 nitrogen and oxygen atoms in total. The van der Waals surface area contributed by atoms with Crippen LogP contribution in [0.1, 0.15) is 31.1 Å². The number of likely N-dealkylation sites (N-methyl/N-ethyl adjacent to an activating group) is 1. The summed E-state index contributed by atoms with van der Waals surface area (Å²) in [5.41, 5.74) is 0.180. The average molecular weight is 280 g/mol. The predicted octanol–water partition coefficient (Wildman–Crippen LogP) is 1.08. The molecule has 0 heterocycles. The third kappa shape index (κ3) is 3.63. The molecule has 6 heteroatoms. The van der Waals surface area contributed by atoms with Gasteiger partial charge in [0.05, 0.1) is 0 Å². The molecule has 0 bridgehead atoms. The number of nitrogens with one attached hydrogen (secondary N) is 1. The normalized spacial score (nSPS) is 11.8. The minimum absolute atomic E-state index is 0.161. The van der Waals surface area contributed by atoms with Crippen molar-refractivity contribution in [2.45, 2.75) is 26.8 Å². The Labute approximate surface area is 118 Å². The van der Waals surface area contributed by atoms with Crippen molar-refractivity contribution in [2.75, 3.05) is 13.1 Å². The summed E-state index contributed by atoms with van der Waals surface area (Å²) < 4.78 is 0. The summed E-state index contributed by atoms with van der Waals surface area (Å²) in [5, 5.41) is 21.1. The number of hydrogen-bond donors (Lipinski definition) is 3. The highest BCUT2D eigenvalue weighted by Crippen LogP contribution is 2.24. The van der Waals surface area contributed by atoms with Gasteiger partial charge in [0.1, 0.15) is 6.04 Å². The largest absolute Gasteiger partial charge is 0.504 e. The van der Waals surface area contributed by atoms with Gasteiger partial charge in [-0.15, -0.1) is 0 Å². The van der Waals surface area contributed by atoms with Crippen LogP contribution in [0.3, 0.4) is 0 Å². The van der Waals surface area contributed by atoms with E-state index in [1.54, 1.807) is 11.8 Å². The fourth-order valence-corrected chi connectivity index (χ4v) is 1.82. The summed E-state index contributed by atoms with van der Waals surface area (Å²) in [5.74, 6) is -1.31. The molecule has 0 radical (unpaired) electrons. The number of phenolic OH excluding ortho intramolecular Hbond substituents is 2. The van der Waals surface area contributed by atoms with Crippen LogP contribution in [0.4, 0.5) is 0 Å². The second-order valence-electron chi connectivity index (χ2n) is 4.41. The lowest BCUT2D eigenvalue weighted by Gasteiger charge is -2.23. The molecule has 2 amide bonds. The van der Waals surface area contributed by atoms with Gasteiger partial charge >= 0.3 is 0 Å². The van der Waals surface area contributed by atoms with Crippen LogP contribution in [-0.2, 0) is 4.79 Å². The van der Waals surface area contributed by atoms with Gasteiger partial charge in [0.25, 0.3) is 5.91 Å². The average Bonchev–Trinajstić information content (AvgIpc) is 2.42. The van der Waals surface area contributed by atoms with Crippen LogP contribution in [0.25, 0.3) is 0 Å². The minimum Gasteiger partial charge on any atom is -0.504 e. The van der Waals surface area contributed by atoms with Crippen molar-refractivity contribution in [3.8, 4) is 11.5 Å². The Morgan fingerprint density at radius 1 is 1.20 bits per heavy atom. The Bertz CT molecular complexity index is 498. The van der Waals surface area contributed by atoms with E-state index in [-0.39, 0.29) is 23.0 Å². The number of phenols is 2. The number of rotatable bonds is 5. The van der Waals surface area contributed by atoms with Crippen molar-refractivity contribution < 1.29 is 19.8 Å². The minimum atomic E-state index is -0.654. The Balaban J connectivity index is 2.74. The Morgan fingerprint density at radius 2 is 1.80 bits per heavy atom. The van der Waals surface area contributed by atoms with Gasteiger partial charge in [-0.2, -0.15) is 0 Å². The quantitative estimate of drug-likeness (QED) is 0.704. The molecule has 0 aromatic heterocycles. The van der Waals surface area contributed by atoms with Crippen LogP contribution in [0.15, 0.2) is 18.2 Å². The first kappa shape index (κ1) is 15.8. The van der Waals surface area contributed by atoms with Crippen molar-refractivity contribution in [1.82, 2.24) is 10.2 Å². The Kier molecular flexibility index (Phi) is 5.37.